The molecule has 1 fully saturated rings. The fourth-order valence-corrected chi connectivity index (χ4v) is 6.97. The normalized spacial score (nSPS) is 20.6. The number of halogens is 1. The van der Waals surface area contributed by atoms with Crippen LogP contribution in [0.4, 0.5) is 4.39 Å². The Morgan fingerprint density at radius 3 is 2.64 bits per heavy atom. The fraction of sp³-hybridized carbons (Fsp3) is 0.423. The van der Waals surface area contributed by atoms with Crippen molar-refractivity contribution in [2.75, 3.05) is 0 Å². The van der Waals surface area contributed by atoms with Crippen molar-refractivity contribution < 1.29 is 17.6 Å². The lowest BCUT2D eigenvalue weighted by atomic mass is 9.70. The van der Waals surface area contributed by atoms with Crippen LogP contribution in [0.15, 0.2) is 59.6 Å². The highest BCUT2D eigenvalue weighted by Crippen LogP contribution is 2.38. The van der Waals surface area contributed by atoms with E-state index in [1.54, 1.807) is 22.8 Å². The van der Waals surface area contributed by atoms with Gasteiger partial charge in [0.2, 0.25) is 5.91 Å². The molecule has 2 unspecified atom stereocenters. The number of hydrogen-bond donors (Lipinski definition) is 1. The van der Waals surface area contributed by atoms with Crippen LogP contribution in [-0.4, -0.2) is 24.9 Å². The second-order valence-electron chi connectivity index (χ2n) is 10.2. The van der Waals surface area contributed by atoms with Gasteiger partial charge in [0.1, 0.15) is 12.4 Å². The van der Waals surface area contributed by atoms with E-state index in [1.807, 2.05) is 12.1 Å². The average molecular weight is 471 g/mol. The second kappa shape index (κ2) is 8.93. The Morgan fingerprint density at radius 2 is 1.91 bits per heavy atom. The molecule has 5 nitrogen and oxygen atoms in total. The van der Waals surface area contributed by atoms with Gasteiger partial charge in [-0.1, -0.05) is 51.1 Å². The Labute approximate surface area is 194 Å². The molecule has 33 heavy (non-hydrogen) atoms. The van der Waals surface area contributed by atoms with E-state index >= 15 is 0 Å². The molecule has 1 aliphatic rings. The third kappa shape index (κ3) is 5.46. The lowest BCUT2D eigenvalue weighted by Crippen LogP contribution is -2.44. The number of nitrogens with zero attached hydrogens (tertiary/aromatic N) is 1. The molecule has 1 aromatic heterocycles. The number of nitrogens with one attached hydrogen (secondary N) is 1. The summed E-state index contributed by atoms with van der Waals surface area (Å²) in [7, 11) is -3.74. The molecule has 1 N–H and O–H groups in total. The van der Waals surface area contributed by atoms with Gasteiger partial charge >= 0.3 is 0 Å². The number of sulfone groups is 1. The maximum Gasteiger partial charge on any atom is 0.240 e. The lowest BCUT2D eigenvalue weighted by molar-refractivity contribution is -0.122. The monoisotopic (exact) mass is 470 g/mol. The zero-order valence-corrected chi connectivity index (χ0v) is 20.2. The van der Waals surface area contributed by atoms with Crippen LogP contribution in [0.2, 0.25) is 0 Å². The van der Waals surface area contributed by atoms with Crippen molar-refractivity contribution in [3.05, 3.63) is 66.1 Å². The first-order chi connectivity index (χ1) is 15.5. The van der Waals surface area contributed by atoms with E-state index in [0.717, 1.165) is 19.3 Å². The van der Waals surface area contributed by atoms with Crippen molar-refractivity contribution in [3.8, 4) is 0 Å². The van der Waals surface area contributed by atoms with Gasteiger partial charge in [0.15, 0.2) is 9.84 Å². The molecule has 3 aromatic rings. The Balaban J connectivity index is 1.58. The Hall–Kier alpha value is -2.67. The molecule has 0 aliphatic heterocycles. The quantitative estimate of drug-likeness (QED) is 0.546. The van der Waals surface area contributed by atoms with Crippen molar-refractivity contribution in [3.63, 3.8) is 0 Å². The molecule has 0 radical (unpaired) electrons. The first kappa shape index (κ1) is 23.5. The molecule has 0 bridgehead atoms. The molecule has 1 saturated carbocycles. The minimum absolute atomic E-state index is 0.0430. The van der Waals surface area contributed by atoms with Crippen LogP contribution in [0.25, 0.3) is 10.9 Å². The predicted octanol–water partition coefficient (Wildman–Crippen LogP) is 5.09. The summed E-state index contributed by atoms with van der Waals surface area (Å²) < 4.78 is 41.7. The van der Waals surface area contributed by atoms with Gasteiger partial charge in [-0.25, -0.2) is 12.8 Å². The van der Waals surface area contributed by atoms with E-state index in [4.69, 9.17) is 0 Å². The summed E-state index contributed by atoms with van der Waals surface area (Å²) in [5.41, 5.74) is 1.26. The topological polar surface area (TPSA) is 68.2 Å². The summed E-state index contributed by atoms with van der Waals surface area (Å²) in [6.45, 7) is 6.73. The van der Waals surface area contributed by atoms with Crippen LogP contribution in [0.1, 0.15) is 45.6 Å². The first-order valence-corrected chi connectivity index (χ1v) is 13.0. The smallest absolute Gasteiger partial charge is 0.240 e. The molecular weight excluding hydrogens is 439 g/mol. The predicted molar refractivity (Wildman–Crippen MR) is 128 cm³/mol. The van der Waals surface area contributed by atoms with Gasteiger partial charge in [0.05, 0.1) is 10.6 Å². The molecule has 1 amide bonds. The van der Waals surface area contributed by atoms with Crippen molar-refractivity contribution >= 4 is 26.6 Å². The van der Waals surface area contributed by atoms with Crippen molar-refractivity contribution in [2.24, 2.45) is 11.3 Å². The number of benzene rings is 2. The zero-order chi connectivity index (χ0) is 23.8. The van der Waals surface area contributed by atoms with Crippen molar-refractivity contribution in [1.82, 2.24) is 9.88 Å². The molecule has 2 atom stereocenters. The van der Waals surface area contributed by atoms with Crippen molar-refractivity contribution in [1.29, 1.82) is 0 Å². The number of para-hydroxylation sites is 1. The number of hydrogen-bond acceptors (Lipinski definition) is 3. The maximum absolute atomic E-state index is 13.6. The molecule has 0 spiro atoms. The van der Waals surface area contributed by atoms with Crippen LogP contribution in [0, 0.1) is 17.2 Å². The van der Waals surface area contributed by atoms with E-state index in [1.165, 1.54) is 24.4 Å². The minimum atomic E-state index is -3.74. The Morgan fingerprint density at radius 1 is 1.15 bits per heavy atom. The van der Waals surface area contributed by atoms with Gasteiger partial charge in [0, 0.05) is 23.1 Å². The molecule has 4 rings (SSSR count). The van der Waals surface area contributed by atoms with E-state index in [9.17, 15) is 17.6 Å². The standard InChI is InChI=1S/C26H31FN2O3S/c1-18-11-21(14-26(2,3)13-18)28-25(30)16-29-15-24(22-9-4-5-10-23(22)29)33(31,32)17-19-7-6-8-20(27)12-19/h4-10,12,15,18,21H,11,13-14,16-17H2,1-3H3,(H,28,30). The van der Waals surface area contributed by atoms with Gasteiger partial charge < -0.3 is 9.88 Å². The Bertz CT molecular complexity index is 1280. The molecule has 176 valence electrons. The average Bonchev–Trinajstić information content (AvgIpc) is 3.05. The number of carbonyl (C=O) groups excluding carboxylic acids is 1. The number of carbonyl (C=O) groups is 1. The molecule has 1 heterocycles. The maximum atomic E-state index is 13.6. The Kier molecular flexibility index (Phi) is 6.36. The minimum Gasteiger partial charge on any atom is -0.352 e. The summed E-state index contributed by atoms with van der Waals surface area (Å²) >= 11 is 0. The molecule has 7 heteroatoms. The van der Waals surface area contributed by atoms with Crippen LogP contribution in [-0.2, 0) is 26.9 Å². The summed E-state index contributed by atoms with van der Waals surface area (Å²) in [6, 6.07) is 12.9. The van der Waals surface area contributed by atoms with Crippen LogP contribution >= 0.6 is 0 Å². The summed E-state index contributed by atoms with van der Waals surface area (Å²) in [4.78, 5) is 13.1. The highest BCUT2D eigenvalue weighted by Gasteiger charge is 2.32. The third-order valence-corrected chi connectivity index (χ3v) is 8.11. The summed E-state index contributed by atoms with van der Waals surface area (Å²) in [6.07, 6.45) is 4.57. The molecule has 1 aliphatic carbocycles. The molecular formula is C26H31FN2O3S. The molecule has 0 saturated heterocycles. The number of fused-ring (bicyclic) bond motifs is 1. The lowest BCUT2D eigenvalue weighted by Gasteiger charge is -2.39. The number of amides is 1. The number of rotatable bonds is 6. The molecule has 2 aromatic carbocycles. The van der Waals surface area contributed by atoms with E-state index in [0.29, 0.717) is 22.4 Å². The number of aromatic nitrogens is 1. The highest BCUT2D eigenvalue weighted by molar-refractivity contribution is 7.90. The van der Waals surface area contributed by atoms with E-state index in [-0.39, 0.29) is 34.6 Å². The van der Waals surface area contributed by atoms with Gasteiger partial charge in [-0.05, 0) is 54.4 Å². The SMILES string of the molecule is CC1CC(NC(=O)Cn2cc(S(=O)(=O)Cc3cccc(F)c3)c3ccccc32)CC(C)(C)C1. The van der Waals surface area contributed by atoms with Gasteiger partial charge in [-0.2, -0.15) is 0 Å². The van der Waals surface area contributed by atoms with Gasteiger partial charge in [-0.15, -0.1) is 0 Å². The fourth-order valence-electron chi connectivity index (χ4n) is 5.40. The largest absolute Gasteiger partial charge is 0.352 e. The second-order valence-corrected chi connectivity index (χ2v) is 12.2. The highest BCUT2D eigenvalue weighted by atomic mass is 32.2. The summed E-state index contributed by atoms with van der Waals surface area (Å²) in [5, 5.41) is 3.73. The third-order valence-electron chi connectivity index (χ3n) is 6.40. The van der Waals surface area contributed by atoms with Crippen LogP contribution in [0.3, 0.4) is 0 Å². The summed E-state index contributed by atoms with van der Waals surface area (Å²) in [5.74, 6) is -0.354. The zero-order valence-electron chi connectivity index (χ0n) is 19.3. The van der Waals surface area contributed by atoms with E-state index < -0.39 is 15.7 Å². The van der Waals surface area contributed by atoms with Gasteiger partial charge in [-0.3, -0.25) is 4.79 Å². The van der Waals surface area contributed by atoms with E-state index in [2.05, 4.69) is 26.1 Å². The van der Waals surface area contributed by atoms with Crippen molar-refractivity contribution in [2.45, 2.75) is 63.3 Å². The van der Waals surface area contributed by atoms with Gasteiger partial charge in [0.25, 0.3) is 0 Å². The van der Waals surface area contributed by atoms with Crippen LogP contribution in [0.5, 0.6) is 0 Å². The van der Waals surface area contributed by atoms with Crippen LogP contribution < -0.4 is 5.32 Å². The first-order valence-electron chi connectivity index (χ1n) is 11.4.